The standard InChI is InChI=1S/C33H55NO6.C21H37N3O2/c1-32(2,3)39-29(35)18-14-10-8-12-16-24-34(26-27-20-22-28(23-21-27)31(37)38-7)25-17-13-9-11-15-19-30(36)40-33(4,5)6;1-26-21(25)20-12-10-19(11-13-20)18-24(16-8-4-2-6-14-22)17-9-5-3-7-15-23/h20-23H,8-19,24-26H2,1-7H3;10-13H,2-9,14-18,22-23H2,1H3. The van der Waals surface area contributed by atoms with Gasteiger partial charge in [0.25, 0.3) is 0 Å². The van der Waals surface area contributed by atoms with Crippen molar-refractivity contribution in [3.8, 4) is 0 Å². The molecular weight excluding hydrogens is 833 g/mol. The Morgan fingerprint density at radius 1 is 0.424 bits per heavy atom. The molecule has 12 heteroatoms. The fourth-order valence-corrected chi connectivity index (χ4v) is 7.51. The van der Waals surface area contributed by atoms with Crippen molar-refractivity contribution < 1.29 is 38.1 Å². The molecule has 66 heavy (non-hydrogen) atoms. The van der Waals surface area contributed by atoms with Gasteiger partial charge < -0.3 is 30.4 Å². The smallest absolute Gasteiger partial charge is 0.337 e. The first kappa shape index (κ1) is 60.2. The van der Waals surface area contributed by atoms with E-state index < -0.39 is 11.2 Å². The predicted molar refractivity (Wildman–Crippen MR) is 268 cm³/mol. The minimum absolute atomic E-state index is 0.110. The Kier molecular flexibility index (Phi) is 33.0. The van der Waals surface area contributed by atoms with Gasteiger partial charge in [-0.3, -0.25) is 19.4 Å². The van der Waals surface area contributed by atoms with Gasteiger partial charge in [-0.05, 0) is 168 Å². The van der Waals surface area contributed by atoms with Crippen LogP contribution in [0.2, 0.25) is 0 Å². The van der Waals surface area contributed by atoms with Crippen molar-refractivity contribution in [1.82, 2.24) is 9.80 Å². The highest BCUT2D eigenvalue weighted by Gasteiger charge is 2.17. The molecule has 2 aromatic carbocycles. The van der Waals surface area contributed by atoms with E-state index >= 15 is 0 Å². The molecular formula is C54H92N4O8. The van der Waals surface area contributed by atoms with Crippen LogP contribution in [0, 0.1) is 0 Å². The highest BCUT2D eigenvalue weighted by Crippen LogP contribution is 2.17. The predicted octanol–water partition coefficient (Wildman–Crippen LogP) is 11.0. The Hall–Kier alpha value is -3.84. The van der Waals surface area contributed by atoms with Crippen LogP contribution in [0.25, 0.3) is 0 Å². The van der Waals surface area contributed by atoms with Crippen molar-refractivity contribution in [2.24, 2.45) is 11.5 Å². The summed E-state index contributed by atoms with van der Waals surface area (Å²) in [5.74, 6) is -0.821. The van der Waals surface area contributed by atoms with Crippen molar-refractivity contribution >= 4 is 23.9 Å². The molecule has 0 aliphatic carbocycles. The van der Waals surface area contributed by atoms with E-state index in [2.05, 4.69) is 9.80 Å². The Balaban J connectivity index is 0.000000722. The van der Waals surface area contributed by atoms with E-state index in [1.165, 1.54) is 63.9 Å². The second-order valence-corrected chi connectivity index (χ2v) is 19.5. The maximum Gasteiger partial charge on any atom is 0.337 e. The molecule has 2 aromatic rings. The molecule has 0 atom stereocenters. The highest BCUT2D eigenvalue weighted by atomic mass is 16.6. The molecule has 376 valence electrons. The molecule has 0 bridgehead atoms. The number of methoxy groups -OCH3 is 2. The SMILES string of the molecule is COC(=O)c1ccc(CN(CCCCCCCC(=O)OC(C)(C)C)CCCCCCCC(=O)OC(C)(C)C)cc1.COC(=O)c1ccc(CN(CCCCCCN)CCCCCCN)cc1. The molecule has 0 fully saturated rings. The minimum Gasteiger partial charge on any atom is -0.465 e. The number of hydrogen-bond donors (Lipinski definition) is 2. The summed E-state index contributed by atoms with van der Waals surface area (Å²) in [7, 11) is 2.81. The van der Waals surface area contributed by atoms with Crippen LogP contribution >= 0.6 is 0 Å². The number of rotatable bonds is 34. The van der Waals surface area contributed by atoms with Crippen LogP contribution in [0.3, 0.4) is 0 Å². The zero-order valence-corrected chi connectivity index (χ0v) is 42.7. The van der Waals surface area contributed by atoms with Gasteiger partial charge in [0, 0.05) is 25.9 Å². The Bertz CT molecular complexity index is 1510. The van der Waals surface area contributed by atoms with E-state index in [4.69, 9.17) is 30.4 Å². The van der Waals surface area contributed by atoms with Crippen molar-refractivity contribution in [3.05, 3.63) is 70.8 Å². The van der Waals surface area contributed by atoms with Gasteiger partial charge in [-0.25, -0.2) is 9.59 Å². The number of hydrogen-bond acceptors (Lipinski definition) is 12. The molecule has 0 heterocycles. The van der Waals surface area contributed by atoms with Gasteiger partial charge in [-0.2, -0.15) is 0 Å². The van der Waals surface area contributed by atoms with Crippen LogP contribution < -0.4 is 11.5 Å². The molecule has 0 saturated carbocycles. The summed E-state index contributed by atoms with van der Waals surface area (Å²) >= 11 is 0. The minimum atomic E-state index is -0.416. The number of carbonyl (C=O) groups excluding carboxylic acids is 4. The summed E-state index contributed by atoms with van der Waals surface area (Å²) < 4.78 is 20.3. The van der Waals surface area contributed by atoms with Crippen molar-refractivity contribution in [3.63, 3.8) is 0 Å². The molecule has 0 saturated heterocycles. The first-order valence-corrected chi connectivity index (χ1v) is 25.1. The number of nitrogens with zero attached hydrogens (tertiary/aromatic N) is 2. The normalized spacial score (nSPS) is 11.6. The lowest BCUT2D eigenvalue weighted by molar-refractivity contribution is -0.156. The molecule has 2 rings (SSSR count). The summed E-state index contributed by atoms with van der Waals surface area (Å²) in [6.07, 6.45) is 21.1. The number of carbonyl (C=O) groups is 4. The van der Waals surface area contributed by atoms with Gasteiger partial charge in [-0.1, -0.05) is 88.5 Å². The van der Waals surface area contributed by atoms with Crippen LogP contribution in [0.4, 0.5) is 0 Å². The van der Waals surface area contributed by atoms with Gasteiger partial charge in [0.2, 0.25) is 0 Å². The first-order chi connectivity index (χ1) is 31.5. The Morgan fingerprint density at radius 3 is 0.970 bits per heavy atom. The number of unbranched alkanes of at least 4 members (excludes halogenated alkanes) is 14. The van der Waals surface area contributed by atoms with Crippen molar-refractivity contribution in [1.29, 1.82) is 0 Å². The van der Waals surface area contributed by atoms with Crippen LogP contribution in [0.15, 0.2) is 48.5 Å². The second kappa shape index (κ2) is 36.2. The van der Waals surface area contributed by atoms with Gasteiger partial charge >= 0.3 is 23.9 Å². The van der Waals surface area contributed by atoms with E-state index in [1.807, 2.05) is 90.1 Å². The van der Waals surface area contributed by atoms with Gasteiger partial charge in [0.05, 0.1) is 25.3 Å². The number of ether oxygens (including phenoxy) is 4. The first-order valence-electron chi connectivity index (χ1n) is 25.1. The summed E-state index contributed by atoms with van der Waals surface area (Å²) in [5.41, 5.74) is 13.9. The average molecular weight is 925 g/mol. The number of esters is 4. The maximum atomic E-state index is 11.9. The fourth-order valence-electron chi connectivity index (χ4n) is 7.51. The van der Waals surface area contributed by atoms with E-state index in [0.717, 1.165) is 129 Å². The molecule has 0 aromatic heterocycles. The lowest BCUT2D eigenvalue weighted by atomic mass is 10.1. The molecule has 0 radical (unpaired) electrons. The molecule has 0 amide bonds. The van der Waals surface area contributed by atoms with Gasteiger partial charge in [0.15, 0.2) is 0 Å². The molecule has 0 spiro atoms. The third-order valence-corrected chi connectivity index (χ3v) is 11.0. The lowest BCUT2D eigenvalue weighted by Crippen LogP contribution is -2.25. The number of benzene rings is 2. The van der Waals surface area contributed by atoms with E-state index in [-0.39, 0.29) is 23.9 Å². The Labute approximate surface area is 400 Å². The third-order valence-electron chi connectivity index (χ3n) is 11.0. The van der Waals surface area contributed by atoms with Crippen LogP contribution in [0.1, 0.15) is 202 Å². The number of nitrogens with two attached hydrogens (primary N) is 2. The topological polar surface area (TPSA) is 164 Å². The van der Waals surface area contributed by atoms with Gasteiger partial charge in [-0.15, -0.1) is 0 Å². The molecule has 4 N–H and O–H groups in total. The molecule has 0 unspecified atom stereocenters. The van der Waals surface area contributed by atoms with Gasteiger partial charge in [0.1, 0.15) is 11.2 Å². The average Bonchev–Trinajstić information content (AvgIpc) is 3.26. The lowest BCUT2D eigenvalue weighted by Gasteiger charge is -2.23. The zero-order valence-electron chi connectivity index (χ0n) is 42.7. The van der Waals surface area contributed by atoms with Crippen LogP contribution in [0.5, 0.6) is 0 Å². The zero-order chi connectivity index (χ0) is 49.1. The Morgan fingerprint density at radius 2 is 0.697 bits per heavy atom. The summed E-state index contributed by atoms with van der Waals surface area (Å²) in [6, 6.07) is 15.4. The quantitative estimate of drug-likeness (QED) is 0.0388. The van der Waals surface area contributed by atoms with E-state index in [1.54, 1.807) is 0 Å². The second-order valence-electron chi connectivity index (χ2n) is 19.5. The van der Waals surface area contributed by atoms with E-state index in [0.29, 0.717) is 24.0 Å². The summed E-state index contributed by atoms with van der Waals surface area (Å²) in [6.45, 7) is 19.0. The van der Waals surface area contributed by atoms with Crippen molar-refractivity contribution in [2.45, 2.75) is 194 Å². The summed E-state index contributed by atoms with van der Waals surface area (Å²) in [4.78, 5) is 52.1. The fraction of sp³-hybridized carbons (Fsp3) is 0.704. The van der Waals surface area contributed by atoms with Crippen LogP contribution in [-0.2, 0) is 41.6 Å². The monoisotopic (exact) mass is 925 g/mol. The molecule has 0 aliphatic rings. The molecule has 0 aliphatic heterocycles. The van der Waals surface area contributed by atoms with Crippen molar-refractivity contribution in [2.75, 3.05) is 53.5 Å². The molecule has 12 nitrogen and oxygen atoms in total. The maximum absolute atomic E-state index is 11.9. The highest BCUT2D eigenvalue weighted by molar-refractivity contribution is 5.89. The largest absolute Gasteiger partial charge is 0.465 e. The van der Waals surface area contributed by atoms with Crippen LogP contribution in [-0.4, -0.2) is 98.4 Å². The summed E-state index contributed by atoms with van der Waals surface area (Å²) in [5, 5.41) is 0. The third kappa shape index (κ3) is 32.8. The van der Waals surface area contributed by atoms with E-state index in [9.17, 15) is 19.2 Å².